The minimum atomic E-state index is -5.19. The van der Waals surface area contributed by atoms with Gasteiger partial charge in [0, 0.05) is 35.5 Å². The van der Waals surface area contributed by atoms with Gasteiger partial charge in [0.25, 0.3) is 0 Å². The summed E-state index contributed by atoms with van der Waals surface area (Å²) in [6.07, 6.45) is 4.04. The van der Waals surface area contributed by atoms with Gasteiger partial charge in [0.15, 0.2) is 5.43 Å². The molecule has 0 aliphatic carbocycles. The first-order chi connectivity index (χ1) is 19.8. The number of aromatic nitrogens is 2. The molecule has 0 unspecified atom stereocenters. The quantitative estimate of drug-likeness (QED) is 0.224. The van der Waals surface area contributed by atoms with Crippen LogP contribution in [0.4, 0.5) is 3.89 Å². The average Bonchev–Trinajstić information content (AvgIpc) is 3.34. The van der Waals surface area contributed by atoms with E-state index in [4.69, 9.17) is 4.74 Å². The van der Waals surface area contributed by atoms with Crippen molar-refractivity contribution in [1.82, 2.24) is 9.55 Å². The highest BCUT2D eigenvalue weighted by atomic mass is 32.3. The Morgan fingerprint density at radius 3 is 2.66 bits per heavy atom. The zero-order valence-corrected chi connectivity index (χ0v) is 23.3. The predicted octanol–water partition coefficient (Wildman–Crippen LogP) is 6.46. The van der Waals surface area contributed by atoms with Gasteiger partial charge in [-0.15, -0.1) is 0 Å². The minimum absolute atomic E-state index is 0.0542. The highest BCUT2D eigenvalue weighted by Crippen LogP contribution is 2.37. The summed E-state index contributed by atoms with van der Waals surface area (Å²) in [4.78, 5) is 17.6. The summed E-state index contributed by atoms with van der Waals surface area (Å²) >= 11 is 0. The lowest BCUT2D eigenvalue weighted by Crippen LogP contribution is -2.22. The topological polar surface area (TPSA) is 114 Å². The van der Waals surface area contributed by atoms with Crippen LogP contribution in [0.3, 0.4) is 0 Å². The van der Waals surface area contributed by atoms with Crippen LogP contribution in [0.25, 0.3) is 44.0 Å². The molecular formula is C31H28FN3O5S. The van der Waals surface area contributed by atoms with E-state index in [1.54, 1.807) is 18.2 Å². The highest BCUT2D eigenvalue weighted by molar-refractivity contribution is 7.81. The molecule has 6 rings (SSSR count). The van der Waals surface area contributed by atoms with E-state index in [0.717, 1.165) is 53.2 Å². The van der Waals surface area contributed by atoms with Crippen LogP contribution in [0.15, 0.2) is 59.4 Å². The van der Waals surface area contributed by atoms with E-state index in [2.05, 4.69) is 26.7 Å². The van der Waals surface area contributed by atoms with Crippen LogP contribution in [-0.4, -0.2) is 31.2 Å². The van der Waals surface area contributed by atoms with Crippen molar-refractivity contribution in [1.29, 1.82) is 5.26 Å². The van der Waals surface area contributed by atoms with Gasteiger partial charge >= 0.3 is 10.5 Å². The zero-order chi connectivity index (χ0) is 28.7. The molecule has 0 bridgehead atoms. The molecule has 5 aromatic rings. The molecule has 3 heterocycles. The number of ether oxygens (including phenoxy) is 1. The van der Waals surface area contributed by atoms with Crippen molar-refractivity contribution in [3.63, 3.8) is 0 Å². The number of hydrogen-bond acceptors (Lipinski definition) is 6. The number of nitrogens with one attached hydrogen (secondary N) is 1. The second kappa shape index (κ2) is 10.7. The number of aryl methyl sites for hydroxylation is 1. The number of fused-ring (bicyclic) bond motifs is 4. The van der Waals surface area contributed by atoms with Gasteiger partial charge in [-0.1, -0.05) is 35.4 Å². The van der Waals surface area contributed by atoms with Crippen molar-refractivity contribution in [3.8, 4) is 22.9 Å². The molecule has 1 aliphatic heterocycles. The number of benzene rings is 3. The van der Waals surface area contributed by atoms with Gasteiger partial charge in [-0.25, -0.2) is 0 Å². The molecular weight excluding hydrogens is 545 g/mol. The lowest BCUT2D eigenvalue weighted by atomic mass is 9.93. The lowest BCUT2D eigenvalue weighted by molar-refractivity contribution is 0.0715. The molecule has 0 spiro atoms. The number of hydrogen-bond donors (Lipinski definition) is 1. The third kappa shape index (κ3) is 5.07. The third-order valence-corrected chi connectivity index (χ3v) is 8.19. The number of aromatic amines is 1. The van der Waals surface area contributed by atoms with Crippen molar-refractivity contribution < 1.29 is 21.2 Å². The maximum atomic E-state index is 14.2. The molecule has 1 saturated heterocycles. The number of halogens is 1. The summed E-state index contributed by atoms with van der Waals surface area (Å²) in [6, 6.07) is 17.8. The summed E-state index contributed by atoms with van der Waals surface area (Å²) in [5, 5.41) is 11.4. The Morgan fingerprint density at radius 2 is 1.93 bits per heavy atom. The molecule has 41 heavy (non-hydrogen) atoms. The Hall–Kier alpha value is -4.20. The zero-order valence-electron chi connectivity index (χ0n) is 22.4. The summed E-state index contributed by atoms with van der Waals surface area (Å²) in [6.45, 7) is 3.28. The van der Waals surface area contributed by atoms with Crippen LogP contribution in [0.5, 0.6) is 5.75 Å². The number of H-pyrrole nitrogens is 1. The summed E-state index contributed by atoms with van der Waals surface area (Å²) in [7, 11) is -5.19. The lowest BCUT2D eigenvalue weighted by Gasteiger charge is -2.28. The van der Waals surface area contributed by atoms with E-state index >= 15 is 0 Å². The molecule has 3 aromatic carbocycles. The van der Waals surface area contributed by atoms with Crippen LogP contribution in [0, 0.1) is 11.3 Å². The fourth-order valence-corrected chi connectivity index (χ4v) is 6.26. The second-order valence-electron chi connectivity index (χ2n) is 10.4. The van der Waals surface area contributed by atoms with E-state index in [0.29, 0.717) is 47.2 Å². The molecule has 0 amide bonds. The molecule has 8 nitrogen and oxygen atoms in total. The Balaban J connectivity index is 1.69. The number of rotatable bonds is 7. The van der Waals surface area contributed by atoms with Crippen molar-refractivity contribution >= 4 is 43.3 Å². The third-order valence-electron chi connectivity index (χ3n) is 7.80. The van der Waals surface area contributed by atoms with E-state index in [9.17, 15) is 22.4 Å². The maximum absolute atomic E-state index is 14.2. The fraction of sp³-hybridized carbons (Fsp3) is 0.290. The molecule has 10 heteroatoms. The predicted molar refractivity (Wildman–Crippen MR) is 156 cm³/mol. The summed E-state index contributed by atoms with van der Waals surface area (Å²) in [5.41, 5.74) is 4.95. The first-order valence-corrected chi connectivity index (χ1v) is 15.0. The summed E-state index contributed by atoms with van der Waals surface area (Å²) in [5.74, 6) is -0.132. The van der Waals surface area contributed by atoms with Crippen LogP contribution >= 0.6 is 0 Å². The van der Waals surface area contributed by atoms with Gasteiger partial charge in [-0.2, -0.15) is 13.7 Å². The van der Waals surface area contributed by atoms with Crippen molar-refractivity contribution in [2.75, 3.05) is 13.2 Å². The number of pyridine rings is 1. The largest absolute Gasteiger partial charge is 0.488 e. The van der Waals surface area contributed by atoms with E-state index in [-0.39, 0.29) is 17.2 Å². The Morgan fingerprint density at radius 1 is 1.12 bits per heavy atom. The Kier molecular flexibility index (Phi) is 7.01. The monoisotopic (exact) mass is 573 g/mol. The van der Waals surface area contributed by atoms with E-state index in [1.165, 1.54) is 12.1 Å². The first kappa shape index (κ1) is 27.0. The molecule has 1 aliphatic rings. The van der Waals surface area contributed by atoms with E-state index < -0.39 is 10.5 Å². The Bertz CT molecular complexity index is 2020. The standard InChI is InChI=1S/C31H28FN3O5S/c1-2-3-5-21-16-26-28(17-25(21)20-6-4-7-23(15-20)40-41(32,37)38)35(22-10-12-39-13-11-22)31-29(30(26)36)24-9-8-19(18-33)14-27(24)34-31/h4,6-9,14-17,22,34H,2-3,5,10-13H2,1H3. The molecule has 0 atom stereocenters. The molecule has 1 N–H and O–H groups in total. The van der Waals surface area contributed by atoms with Crippen molar-refractivity contribution in [2.24, 2.45) is 0 Å². The smallest absolute Gasteiger partial charge is 0.381 e. The molecule has 210 valence electrons. The molecule has 1 fully saturated rings. The maximum Gasteiger partial charge on any atom is 0.488 e. The molecule has 2 aromatic heterocycles. The SMILES string of the molecule is CCCCc1cc2c(=O)c3c4ccc(C#N)cc4[nH]c3n(C3CCOCC3)c2cc1-c1cccc(OS(=O)(=O)F)c1. The van der Waals surface area contributed by atoms with Crippen molar-refractivity contribution in [3.05, 3.63) is 75.9 Å². The number of nitriles is 1. The molecule has 0 saturated carbocycles. The number of unbranched alkanes of at least 4 members (excludes halogenated alkanes) is 1. The van der Waals surface area contributed by atoms with Gasteiger partial charge in [0.1, 0.15) is 11.4 Å². The van der Waals surface area contributed by atoms with Crippen LogP contribution in [0.2, 0.25) is 0 Å². The van der Waals surface area contributed by atoms with Crippen LogP contribution in [0.1, 0.15) is 49.8 Å². The van der Waals surface area contributed by atoms with Gasteiger partial charge in [-0.05, 0) is 78.8 Å². The summed E-state index contributed by atoms with van der Waals surface area (Å²) < 4.78 is 48.0. The van der Waals surface area contributed by atoms with Crippen LogP contribution in [-0.2, 0) is 21.7 Å². The van der Waals surface area contributed by atoms with Crippen molar-refractivity contribution in [2.45, 2.75) is 45.1 Å². The molecule has 0 radical (unpaired) electrons. The highest BCUT2D eigenvalue weighted by Gasteiger charge is 2.25. The minimum Gasteiger partial charge on any atom is -0.381 e. The van der Waals surface area contributed by atoms with Gasteiger partial charge in [0.2, 0.25) is 0 Å². The first-order valence-electron chi connectivity index (χ1n) is 13.7. The average molecular weight is 574 g/mol. The van der Waals surface area contributed by atoms with Gasteiger partial charge < -0.3 is 18.5 Å². The number of nitrogens with zero attached hydrogens (tertiary/aromatic N) is 2. The van der Waals surface area contributed by atoms with Gasteiger partial charge in [0.05, 0.1) is 22.5 Å². The van der Waals surface area contributed by atoms with E-state index in [1.807, 2.05) is 24.3 Å². The van der Waals surface area contributed by atoms with Gasteiger partial charge in [-0.3, -0.25) is 4.79 Å². The van der Waals surface area contributed by atoms with Crippen LogP contribution < -0.4 is 9.61 Å². The Labute approximate surface area is 236 Å². The fourth-order valence-electron chi connectivity index (χ4n) is 5.93. The second-order valence-corrected chi connectivity index (χ2v) is 11.4. The normalized spacial score (nSPS) is 14.6.